The number of methoxy groups -OCH3 is 2. The summed E-state index contributed by atoms with van der Waals surface area (Å²) < 4.78 is 50.0. The Balaban J connectivity index is 1.51. The molecule has 0 saturated heterocycles. The molecular formula is C26H20ClF3N2O3S. The second-order valence-electron chi connectivity index (χ2n) is 7.74. The normalized spacial score (nSPS) is 11.4. The Bertz CT molecular complexity index is 1440. The zero-order valence-corrected chi connectivity index (χ0v) is 20.9. The van der Waals surface area contributed by atoms with Crippen molar-refractivity contribution >= 4 is 45.9 Å². The number of carbonyl (C=O) groups excluding carboxylic acids is 1. The van der Waals surface area contributed by atoms with Gasteiger partial charge in [0.1, 0.15) is 0 Å². The Labute approximate surface area is 214 Å². The Morgan fingerprint density at radius 2 is 1.64 bits per heavy atom. The van der Waals surface area contributed by atoms with E-state index in [0.29, 0.717) is 17.2 Å². The van der Waals surface area contributed by atoms with E-state index >= 15 is 0 Å². The van der Waals surface area contributed by atoms with Crippen molar-refractivity contribution in [1.82, 2.24) is 4.98 Å². The van der Waals surface area contributed by atoms with Crippen LogP contribution in [0.5, 0.6) is 11.5 Å². The summed E-state index contributed by atoms with van der Waals surface area (Å²) in [6, 6.07) is 15.7. The van der Waals surface area contributed by atoms with Crippen LogP contribution in [-0.4, -0.2) is 25.1 Å². The standard InChI is InChI=1S/C26H20ClF3N2O3S/c1-14-24(12-16-11-22(34-2)23(35-3)13-21(16)31-14)36-18-7-5-17(6-8-18)32-25(33)15-4-9-20(27)19(10-15)26(28,29)30/h4-13H,1-3H3,(H,32,33). The summed E-state index contributed by atoms with van der Waals surface area (Å²) in [5.74, 6) is 0.537. The Morgan fingerprint density at radius 1 is 0.972 bits per heavy atom. The molecule has 0 radical (unpaired) electrons. The molecule has 1 aromatic heterocycles. The van der Waals surface area contributed by atoms with Gasteiger partial charge in [0.05, 0.1) is 36.0 Å². The quantitative estimate of drug-likeness (QED) is 0.276. The Hall–Kier alpha value is -3.43. The lowest BCUT2D eigenvalue weighted by Gasteiger charge is -2.12. The van der Waals surface area contributed by atoms with E-state index in [0.717, 1.165) is 38.5 Å². The van der Waals surface area contributed by atoms with E-state index < -0.39 is 22.7 Å². The van der Waals surface area contributed by atoms with Gasteiger partial charge < -0.3 is 14.8 Å². The fourth-order valence-corrected chi connectivity index (χ4v) is 4.63. The topological polar surface area (TPSA) is 60.5 Å². The van der Waals surface area contributed by atoms with E-state index in [-0.39, 0.29) is 5.56 Å². The summed E-state index contributed by atoms with van der Waals surface area (Å²) in [4.78, 5) is 19.0. The number of fused-ring (bicyclic) bond motifs is 1. The minimum absolute atomic E-state index is 0.143. The molecule has 5 nitrogen and oxygen atoms in total. The number of hydrogen-bond acceptors (Lipinski definition) is 5. The van der Waals surface area contributed by atoms with Crippen molar-refractivity contribution in [3.05, 3.63) is 82.5 Å². The number of pyridine rings is 1. The molecule has 36 heavy (non-hydrogen) atoms. The van der Waals surface area contributed by atoms with Gasteiger partial charge in [0, 0.05) is 32.5 Å². The highest BCUT2D eigenvalue weighted by Gasteiger charge is 2.33. The van der Waals surface area contributed by atoms with Crippen molar-refractivity contribution in [2.75, 3.05) is 19.5 Å². The number of halogens is 4. The minimum Gasteiger partial charge on any atom is -0.493 e. The molecule has 0 fully saturated rings. The molecule has 0 spiro atoms. The molecule has 3 aromatic carbocycles. The summed E-state index contributed by atoms with van der Waals surface area (Å²) in [5.41, 5.74) is 0.857. The van der Waals surface area contributed by atoms with E-state index in [1.165, 1.54) is 17.8 Å². The number of nitrogens with one attached hydrogen (secondary N) is 1. The highest BCUT2D eigenvalue weighted by Crippen LogP contribution is 2.37. The first-order chi connectivity index (χ1) is 17.1. The van der Waals surface area contributed by atoms with Crippen molar-refractivity contribution in [2.45, 2.75) is 22.9 Å². The predicted molar refractivity (Wildman–Crippen MR) is 135 cm³/mol. The third kappa shape index (κ3) is 5.52. The molecule has 0 bridgehead atoms. The van der Waals surface area contributed by atoms with Crippen LogP contribution in [-0.2, 0) is 6.18 Å². The number of benzene rings is 3. The van der Waals surface area contributed by atoms with E-state index in [4.69, 9.17) is 21.1 Å². The highest BCUT2D eigenvalue weighted by atomic mass is 35.5. The number of amides is 1. The molecule has 0 aliphatic heterocycles. The first-order valence-electron chi connectivity index (χ1n) is 10.6. The van der Waals surface area contributed by atoms with Gasteiger partial charge in [-0.2, -0.15) is 13.2 Å². The van der Waals surface area contributed by atoms with Crippen LogP contribution in [0, 0.1) is 6.92 Å². The van der Waals surface area contributed by atoms with Gasteiger partial charge in [-0.1, -0.05) is 23.4 Å². The van der Waals surface area contributed by atoms with Crippen LogP contribution in [0.1, 0.15) is 21.6 Å². The van der Waals surface area contributed by atoms with E-state index in [1.807, 2.05) is 37.3 Å². The molecule has 1 heterocycles. The molecule has 1 amide bonds. The van der Waals surface area contributed by atoms with Crippen LogP contribution in [0.4, 0.5) is 18.9 Å². The molecule has 0 aliphatic rings. The van der Waals surface area contributed by atoms with Crippen LogP contribution in [0.3, 0.4) is 0 Å². The van der Waals surface area contributed by atoms with Crippen LogP contribution in [0.15, 0.2) is 70.5 Å². The molecule has 0 aliphatic carbocycles. The largest absolute Gasteiger partial charge is 0.493 e. The monoisotopic (exact) mass is 532 g/mol. The van der Waals surface area contributed by atoms with Crippen LogP contribution < -0.4 is 14.8 Å². The molecule has 4 aromatic rings. The molecule has 0 atom stereocenters. The summed E-state index contributed by atoms with van der Waals surface area (Å²) in [6.07, 6.45) is -4.65. The molecule has 0 saturated carbocycles. The molecule has 4 rings (SSSR count). The zero-order valence-electron chi connectivity index (χ0n) is 19.4. The third-order valence-corrected chi connectivity index (χ3v) is 6.81. The molecule has 0 unspecified atom stereocenters. The average molecular weight is 533 g/mol. The Kier molecular flexibility index (Phi) is 7.33. The van der Waals surface area contributed by atoms with Gasteiger partial charge in [0.2, 0.25) is 0 Å². The fourth-order valence-electron chi connectivity index (χ4n) is 3.50. The van der Waals surface area contributed by atoms with Crippen molar-refractivity contribution in [1.29, 1.82) is 0 Å². The van der Waals surface area contributed by atoms with Gasteiger partial charge in [-0.3, -0.25) is 9.78 Å². The molecular weight excluding hydrogens is 513 g/mol. The number of carbonyl (C=O) groups is 1. The molecule has 186 valence electrons. The van der Waals surface area contributed by atoms with Gasteiger partial charge in [-0.15, -0.1) is 0 Å². The number of aryl methyl sites for hydroxylation is 1. The summed E-state index contributed by atoms with van der Waals surface area (Å²) >= 11 is 7.13. The first kappa shape index (κ1) is 25.7. The number of ether oxygens (including phenoxy) is 2. The number of nitrogens with zero attached hydrogens (tertiary/aromatic N) is 1. The van der Waals surface area contributed by atoms with E-state index in [2.05, 4.69) is 10.3 Å². The lowest BCUT2D eigenvalue weighted by Crippen LogP contribution is -2.14. The lowest BCUT2D eigenvalue weighted by molar-refractivity contribution is -0.137. The third-order valence-electron chi connectivity index (χ3n) is 5.34. The van der Waals surface area contributed by atoms with E-state index in [1.54, 1.807) is 26.4 Å². The number of hydrogen-bond donors (Lipinski definition) is 1. The number of rotatable bonds is 6. The highest BCUT2D eigenvalue weighted by molar-refractivity contribution is 7.99. The maximum Gasteiger partial charge on any atom is 0.417 e. The fraction of sp³-hybridized carbons (Fsp3) is 0.154. The molecule has 1 N–H and O–H groups in total. The minimum atomic E-state index is -4.65. The zero-order chi connectivity index (χ0) is 26.0. The summed E-state index contributed by atoms with van der Waals surface area (Å²) in [7, 11) is 3.14. The summed E-state index contributed by atoms with van der Waals surface area (Å²) in [6.45, 7) is 1.91. The second-order valence-corrected chi connectivity index (χ2v) is 9.27. The maximum atomic E-state index is 13.1. The number of anilines is 1. The van der Waals surface area contributed by atoms with Crippen LogP contribution >= 0.6 is 23.4 Å². The van der Waals surface area contributed by atoms with E-state index in [9.17, 15) is 18.0 Å². The van der Waals surface area contributed by atoms with Crippen molar-refractivity contribution < 1.29 is 27.4 Å². The van der Waals surface area contributed by atoms with Crippen LogP contribution in [0.25, 0.3) is 10.9 Å². The number of alkyl halides is 3. The maximum absolute atomic E-state index is 13.1. The van der Waals surface area contributed by atoms with Crippen molar-refractivity contribution in [2.24, 2.45) is 0 Å². The number of aromatic nitrogens is 1. The van der Waals surface area contributed by atoms with Gasteiger partial charge in [-0.05, 0) is 61.5 Å². The van der Waals surface area contributed by atoms with Gasteiger partial charge in [0.25, 0.3) is 5.91 Å². The predicted octanol–water partition coefficient (Wildman–Crippen LogP) is 7.64. The lowest BCUT2D eigenvalue weighted by atomic mass is 10.1. The van der Waals surface area contributed by atoms with Gasteiger partial charge in [-0.25, -0.2) is 0 Å². The Morgan fingerprint density at radius 3 is 2.28 bits per heavy atom. The van der Waals surface area contributed by atoms with Gasteiger partial charge in [0.15, 0.2) is 11.5 Å². The van der Waals surface area contributed by atoms with Crippen molar-refractivity contribution in [3.63, 3.8) is 0 Å². The SMILES string of the molecule is COc1cc2cc(Sc3ccc(NC(=O)c4ccc(Cl)c(C(F)(F)F)c4)cc3)c(C)nc2cc1OC. The van der Waals surface area contributed by atoms with Crippen molar-refractivity contribution in [3.8, 4) is 11.5 Å². The first-order valence-corrected chi connectivity index (χ1v) is 11.8. The van der Waals surface area contributed by atoms with Crippen LogP contribution in [0.2, 0.25) is 5.02 Å². The smallest absolute Gasteiger partial charge is 0.417 e. The molecule has 10 heteroatoms. The summed E-state index contributed by atoms with van der Waals surface area (Å²) in [5, 5.41) is 3.04. The average Bonchev–Trinajstić information content (AvgIpc) is 2.84. The second kappa shape index (κ2) is 10.3. The van der Waals surface area contributed by atoms with Gasteiger partial charge >= 0.3 is 6.18 Å².